The molecule has 2 N–H and O–H groups in total. The Bertz CT molecular complexity index is 759. The standard InChI is InChI=1S/C16H17N3O3S/c1-9-2-4-11-14(6-9)23-16(18-11)19-15(20)17-10-3-5-12-13(7-10)22-8-21-12/h3,5,7,9H,2,4,6,8H2,1H3,(H2,17,18,19,20). The molecule has 23 heavy (non-hydrogen) atoms. The number of anilines is 2. The smallest absolute Gasteiger partial charge is 0.325 e. The van der Waals surface area contributed by atoms with Gasteiger partial charge in [0.05, 0.1) is 5.69 Å². The average Bonchev–Trinajstić information content (AvgIpc) is 3.11. The van der Waals surface area contributed by atoms with Crippen molar-refractivity contribution in [2.24, 2.45) is 5.92 Å². The van der Waals surface area contributed by atoms with E-state index in [-0.39, 0.29) is 12.8 Å². The molecule has 4 rings (SSSR count). The zero-order valence-electron chi connectivity index (χ0n) is 12.7. The first-order chi connectivity index (χ1) is 11.2. The van der Waals surface area contributed by atoms with Gasteiger partial charge in [-0.2, -0.15) is 0 Å². The molecule has 1 aliphatic carbocycles. The first-order valence-corrected chi connectivity index (χ1v) is 8.45. The molecule has 1 unspecified atom stereocenters. The zero-order chi connectivity index (χ0) is 15.8. The van der Waals surface area contributed by atoms with Crippen molar-refractivity contribution in [3.8, 4) is 11.5 Å². The van der Waals surface area contributed by atoms with Crippen molar-refractivity contribution in [1.82, 2.24) is 4.98 Å². The molecule has 6 nitrogen and oxygen atoms in total. The van der Waals surface area contributed by atoms with E-state index in [2.05, 4.69) is 22.5 Å². The highest BCUT2D eigenvalue weighted by Crippen LogP contribution is 2.35. The summed E-state index contributed by atoms with van der Waals surface area (Å²) in [6.07, 6.45) is 3.22. The Morgan fingerprint density at radius 2 is 2.17 bits per heavy atom. The van der Waals surface area contributed by atoms with Crippen molar-refractivity contribution in [2.45, 2.75) is 26.2 Å². The van der Waals surface area contributed by atoms with Gasteiger partial charge in [-0.05, 0) is 37.3 Å². The molecule has 120 valence electrons. The van der Waals surface area contributed by atoms with Crippen LogP contribution in [0, 0.1) is 5.92 Å². The van der Waals surface area contributed by atoms with E-state index in [4.69, 9.17) is 9.47 Å². The molecule has 1 atom stereocenters. The Kier molecular flexibility index (Phi) is 3.57. The predicted molar refractivity (Wildman–Crippen MR) is 88.5 cm³/mol. The first kappa shape index (κ1) is 14.3. The van der Waals surface area contributed by atoms with Gasteiger partial charge in [0.25, 0.3) is 0 Å². The number of amides is 2. The maximum Gasteiger partial charge on any atom is 0.325 e. The quantitative estimate of drug-likeness (QED) is 0.881. The van der Waals surface area contributed by atoms with E-state index in [1.165, 1.54) is 11.3 Å². The number of fused-ring (bicyclic) bond motifs is 2. The van der Waals surface area contributed by atoms with Gasteiger partial charge in [-0.15, -0.1) is 11.3 Å². The number of hydrogen-bond acceptors (Lipinski definition) is 5. The van der Waals surface area contributed by atoms with Crippen LogP contribution in [-0.2, 0) is 12.8 Å². The highest BCUT2D eigenvalue weighted by atomic mass is 32.1. The second-order valence-corrected chi connectivity index (χ2v) is 6.97. The molecule has 0 saturated carbocycles. The molecule has 0 radical (unpaired) electrons. The van der Waals surface area contributed by atoms with Gasteiger partial charge in [0, 0.05) is 16.6 Å². The second-order valence-electron chi connectivity index (χ2n) is 5.88. The second kappa shape index (κ2) is 5.73. The number of aromatic nitrogens is 1. The van der Waals surface area contributed by atoms with Crippen LogP contribution in [0.2, 0.25) is 0 Å². The Hall–Kier alpha value is -2.28. The van der Waals surface area contributed by atoms with E-state index in [1.807, 2.05) is 0 Å². The number of nitrogens with zero attached hydrogens (tertiary/aromatic N) is 1. The fraction of sp³-hybridized carbons (Fsp3) is 0.375. The molecule has 2 aliphatic rings. The van der Waals surface area contributed by atoms with Crippen LogP contribution in [0.15, 0.2) is 18.2 Å². The van der Waals surface area contributed by atoms with Crippen LogP contribution in [0.1, 0.15) is 23.9 Å². The number of ether oxygens (including phenoxy) is 2. The van der Waals surface area contributed by atoms with Gasteiger partial charge in [-0.3, -0.25) is 5.32 Å². The minimum atomic E-state index is -0.303. The summed E-state index contributed by atoms with van der Waals surface area (Å²) in [5, 5.41) is 6.26. The molecule has 0 bridgehead atoms. The number of benzene rings is 1. The van der Waals surface area contributed by atoms with Gasteiger partial charge in [0.2, 0.25) is 6.79 Å². The van der Waals surface area contributed by atoms with Gasteiger partial charge in [-0.25, -0.2) is 9.78 Å². The summed E-state index contributed by atoms with van der Waals surface area (Å²) in [5.41, 5.74) is 1.79. The first-order valence-electron chi connectivity index (χ1n) is 7.63. The summed E-state index contributed by atoms with van der Waals surface area (Å²) in [5.74, 6) is 2.03. The van der Waals surface area contributed by atoms with Gasteiger partial charge in [-0.1, -0.05) is 6.92 Å². The summed E-state index contributed by atoms with van der Waals surface area (Å²) < 4.78 is 10.6. The SMILES string of the molecule is CC1CCc2nc(NC(=O)Nc3ccc4c(c3)OCO4)sc2C1. The summed E-state index contributed by atoms with van der Waals surface area (Å²) in [4.78, 5) is 18.0. The summed E-state index contributed by atoms with van der Waals surface area (Å²) in [7, 11) is 0. The molecule has 7 heteroatoms. The molecule has 2 amide bonds. The highest BCUT2D eigenvalue weighted by Gasteiger charge is 2.20. The molecule has 1 aromatic heterocycles. The molecule has 0 fully saturated rings. The minimum Gasteiger partial charge on any atom is -0.454 e. The maximum absolute atomic E-state index is 12.1. The highest BCUT2D eigenvalue weighted by molar-refractivity contribution is 7.15. The molecule has 2 aromatic rings. The Morgan fingerprint density at radius 3 is 3.09 bits per heavy atom. The van der Waals surface area contributed by atoms with Crippen molar-refractivity contribution in [2.75, 3.05) is 17.4 Å². The molecule has 1 aliphatic heterocycles. The summed E-state index contributed by atoms with van der Waals surface area (Å²) in [6, 6.07) is 5.00. The van der Waals surface area contributed by atoms with Gasteiger partial charge >= 0.3 is 6.03 Å². The lowest BCUT2D eigenvalue weighted by molar-refractivity contribution is 0.174. The molecule has 2 heterocycles. The zero-order valence-corrected chi connectivity index (χ0v) is 13.5. The maximum atomic E-state index is 12.1. The molecular formula is C16H17N3O3S. The van der Waals surface area contributed by atoms with Crippen molar-refractivity contribution in [1.29, 1.82) is 0 Å². The lowest BCUT2D eigenvalue weighted by atomic mass is 9.93. The van der Waals surface area contributed by atoms with E-state index >= 15 is 0 Å². The lowest BCUT2D eigenvalue weighted by Gasteiger charge is -2.15. The lowest BCUT2D eigenvalue weighted by Crippen LogP contribution is -2.19. The number of aryl methyl sites for hydroxylation is 1. The minimum absolute atomic E-state index is 0.216. The number of nitrogens with one attached hydrogen (secondary N) is 2. The van der Waals surface area contributed by atoms with Crippen LogP contribution in [0.4, 0.5) is 15.6 Å². The van der Waals surface area contributed by atoms with Gasteiger partial charge in [0.15, 0.2) is 16.6 Å². The van der Waals surface area contributed by atoms with E-state index in [9.17, 15) is 4.79 Å². The largest absolute Gasteiger partial charge is 0.454 e. The van der Waals surface area contributed by atoms with Crippen LogP contribution in [0.25, 0.3) is 0 Å². The average molecular weight is 331 g/mol. The van der Waals surface area contributed by atoms with Gasteiger partial charge in [0.1, 0.15) is 0 Å². The normalized spacial score (nSPS) is 18.4. The van der Waals surface area contributed by atoms with Crippen LogP contribution >= 0.6 is 11.3 Å². The number of rotatable bonds is 2. The Morgan fingerprint density at radius 1 is 1.30 bits per heavy atom. The van der Waals surface area contributed by atoms with Crippen molar-refractivity contribution >= 4 is 28.2 Å². The van der Waals surface area contributed by atoms with Crippen LogP contribution in [0.5, 0.6) is 11.5 Å². The third-order valence-corrected chi connectivity index (χ3v) is 5.07. The van der Waals surface area contributed by atoms with E-state index in [0.29, 0.717) is 28.2 Å². The third-order valence-electron chi connectivity index (χ3n) is 4.04. The van der Waals surface area contributed by atoms with Crippen LogP contribution < -0.4 is 20.1 Å². The number of hydrogen-bond donors (Lipinski definition) is 2. The Balaban J connectivity index is 1.42. The van der Waals surface area contributed by atoms with Crippen LogP contribution in [-0.4, -0.2) is 17.8 Å². The molecular weight excluding hydrogens is 314 g/mol. The summed E-state index contributed by atoms with van der Waals surface area (Å²) >= 11 is 1.57. The van der Waals surface area contributed by atoms with Gasteiger partial charge < -0.3 is 14.8 Å². The fourth-order valence-corrected chi connectivity index (χ4v) is 3.99. The van der Waals surface area contributed by atoms with E-state index < -0.39 is 0 Å². The van der Waals surface area contributed by atoms with E-state index in [1.54, 1.807) is 29.5 Å². The van der Waals surface area contributed by atoms with Crippen molar-refractivity contribution < 1.29 is 14.3 Å². The predicted octanol–water partition coefficient (Wildman–Crippen LogP) is 3.64. The molecule has 1 aromatic carbocycles. The Labute approximate surface area is 137 Å². The number of urea groups is 1. The number of carbonyl (C=O) groups excluding carboxylic acids is 1. The topological polar surface area (TPSA) is 72.5 Å². The number of carbonyl (C=O) groups is 1. The van der Waals surface area contributed by atoms with Crippen molar-refractivity contribution in [3.63, 3.8) is 0 Å². The summed E-state index contributed by atoms with van der Waals surface area (Å²) in [6.45, 7) is 2.47. The molecule has 0 spiro atoms. The monoisotopic (exact) mass is 331 g/mol. The van der Waals surface area contributed by atoms with Crippen molar-refractivity contribution in [3.05, 3.63) is 28.8 Å². The fourth-order valence-electron chi connectivity index (χ4n) is 2.83. The van der Waals surface area contributed by atoms with E-state index in [0.717, 1.165) is 18.5 Å². The van der Waals surface area contributed by atoms with Crippen LogP contribution in [0.3, 0.4) is 0 Å². The number of thiazole rings is 1. The third kappa shape index (κ3) is 2.96. The molecule has 0 saturated heterocycles.